The molecule has 0 fully saturated rings. The number of halogens is 1. The average Bonchev–Trinajstić information content (AvgIpc) is 3.15. The summed E-state index contributed by atoms with van der Waals surface area (Å²) in [7, 11) is 0. The molecule has 0 radical (unpaired) electrons. The predicted molar refractivity (Wildman–Crippen MR) is 137 cm³/mol. The molecule has 0 atom stereocenters. The van der Waals surface area contributed by atoms with Crippen LogP contribution in [0.25, 0.3) is 10.1 Å². The molecular weight excluding hydrogens is 460 g/mol. The van der Waals surface area contributed by atoms with Crippen LogP contribution in [0.1, 0.15) is 59.9 Å². The SMILES string of the molecule is CCCN(CCC)Cc1ccc2c(C(=O)OCC)c(NC(=O)c3ccccc3)sc2c1O.Cl. The molecule has 1 amide bonds. The first-order valence-corrected chi connectivity index (χ1v) is 11.8. The Balaban J connectivity index is 0.00000385. The van der Waals surface area contributed by atoms with Gasteiger partial charge in [0.05, 0.1) is 11.3 Å². The highest BCUT2D eigenvalue weighted by Crippen LogP contribution is 2.43. The van der Waals surface area contributed by atoms with Crippen molar-refractivity contribution in [3.63, 3.8) is 0 Å². The Hall–Kier alpha value is -2.61. The van der Waals surface area contributed by atoms with Crippen molar-refractivity contribution in [1.29, 1.82) is 0 Å². The second kappa shape index (κ2) is 12.6. The molecule has 3 rings (SSSR count). The number of anilines is 1. The lowest BCUT2D eigenvalue weighted by Crippen LogP contribution is -2.24. The fraction of sp³-hybridized carbons (Fsp3) is 0.360. The summed E-state index contributed by atoms with van der Waals surface area (Å²) >= 11 is 1.19. The number of phenolic OH excluding ortho intramolecular Hbond substituents is 1. The summed E-state index contributed by atoms with van der Waals surface area (Å²) < 4.78 is 5.82. The molecule has 0 aliphatic carbocycles. The third-order valence-corrected chi connectivity index (χ3v) is 6.26. The first kappa shape index (κ1) is 26.6. The van der Waals surface area contributed by atoms with Gasteiger partial charge in [-0.3, -0.25) is 9.69 Å². The molecule has 0 saturated heterocycles. The van der Waals surface area contributed by atoms with E-state index >= 15 is 0 Å². The standard InChI is InChI=1S/C25H30N2O4S.ClH/c1-4-14-27(15-5-2)16-18-12-13-19-20(25(30)31-6-3)24(32-22(19)21(18)28)26-23(29)17-10-8-7-9-11-17;/h7-13,28H,4-6,14-16H2,1-3H3,(H,26,29);1H. The van der Waals surface area contributed by atoms with Crippen LogP contribution in [0.4, 0.5) is 5.00 Å². The molecule has 178 valence electrons. The maximum atomic E-state index is 12.7. The van der Waals surface area contributed by atoms with Crippen LogP contribution in [0.15, 0.2) is 42.5 Å². The average molecular weight is 491 g/mol. The minimum absolute atomic E-state index is 0. The number of fused-ring (bicyclic) bond motifs is 1. The number of hydrogen-bond donors (Lipinski definition) is 2. The van der Waals surface area contributed by atoms with Crippen molar-refractivity contribution in [3.05, 3.63) is 59.2 Å². The molecule has 0 aliphatic heterocycles. The molecular formula is C25H31ClN2O4S. The Morgan fingerprint density at radius 1 is 1.03 bits per heavy atom. The summed E-state index contributed by atoms with van der Waals surface area (Å²) in [6.45, 7) is 8.75. The van der Waals surface area contributed by atoms with E-state index in [-0.39, 0.29) is 36.2 Å². The number of aromatic hydroxyl groups is 1. The summed E-state index contributed by atoms with van der Waals surface area (Å²) in [6.07, 6.45) is 2.06. The fourth-order valence-electron chi connectivity index (χ4n) is 3.72. The van der Waals surface area contributed by atoms with Crippen molar-refractivity contribution >= 4 is 50.7 Å². The zero-order chi connectivity index (χ0) is 23.1. The fourth-order valence-corrected chi connectivity index (χ4v) is 4.87. The van der Waals surface area contributed by atoms with Crippen molar-refractivity contribution in [3.8, 4) is 5.75 Å². The van der Waals surface area contributed by atoms with Crippen LogP contribution in [-0.2, 0) is 11.3 Å². The monoisotopic (exact) mass is 490 g/mol. The van der Waals surface area contributed by atoms with E-state index < -0.39 is 5.97 Å². The smallest absolute Gasteiger partial charge is 0.341 e. The van der Waals surface area contributed by atoms with Gasteiger partial charge < -0.3 is 15.2 Å². The highest BCUT2D eigenvalue weighted by Gasteiger charge is 2.25. The van der Waals surface area contributed by atoms with Crippen molar-refractivity contribution in [2.75, 3.05) is 25.0 Å². The molecule has 1 aromatic heterocycles. The maximum Gasteiger partial charge on any atom is 0.341 e. The number of thiophene rings is 1. The van der Waals surface area contributed by atoms with E-state index in [9.17, 15) is 14.7 Å². The van der Waals surface area contributed by atoms with Crippen molar-refractivity contribution in [2.24, 2.45) is 0 Å². The number of ether oxygens (including phenoxy) is 1. The van der Waals surface area contributed by atoms with Crippen LogP contribution in [-0.4, -0.2) is 41.6 Å². The highest BCUT2D eigenvalue weighted by atomic mass is 35.5. The third-order valence-electron chi connectivity index (χ3n) is 5.13. The molecule has 3 aromatic rings. The number of rotatable bonds is 10. The van der Waals surface area contributed by atoms with Crippen LogP contribution in [0, 0.1) is 0 Å². The van der Waals surface area contributed by atoms with Gasteiger partial charge in [0, 0.05) is 23.1 Å². The minimum atomic E-state index is -0.521. The normalized spacial score (nSPS) is 10.8. The Morgan fingerprint density at radius 2 is 1.70 bits per heavy atom. The topological polar surface area (TPSA) is 78.9 Å². The lowest BCUT2D eigenvalue weighted by molar-refractivity contribution is 0.0530. The van der Waals surface area contributed by atoms with Gasteiger partial charge in [0.25, 0.3) is 5.91 Å². The molecule has 0 saturated carbocycles. The quantitative estimate of drug-likeness (QED) is 0.337. The van der Waals surface area contributed by atoms with E-state index in [0.717, 1.165) is 31.5 Å². The molecule has 2 aromatic carbocycles. The number of nitrogens with one attached hydrogen (secondary N) is 1. The summed E-state index contributed by atoms with van der Waals surface area (Å²) in [4.78, 5) is 27.8. The van der Waals surface area contributed by atoms with E-state index in [1.165, 1.54) is 11.3 Å². The molecule has 0 spiro atoms. The number of carbonyl (C=O) groups is 2. The Labute approximate surface area is 205 Å². The van der Waals surface area contributed by atoms with Crippen molar-refractivity contribution in [2.45, 2.75) is 40.2 Å². The number of phenols is 1. The van der Waals surface area contributed by atoms with Gasteiger partial charge in [0.1, 0.15) is 16.3 Å². The Kier molecular flexibility index (Phi) is 10.2. The number of carbonyl (C=O) groups excluding carboxylic acids is 2. The maximum absolute atomic E-state index is 12.7. The largest absolute Gasteiger partial charge is 0.506 e. The van der Waals surface area contributed by atoms with Crippen LogP contribution in [0.2, 0.25) is 0 Å². The molecule has 0 unspecified atom stereocenters. The van der Waals surface area contributed by atoms with Crippen LogP contribution in [0.3, 0.4) is 0 Å². The molecule has 2 N–H and O–H groups in total. The number of hydrogen-bond acceptors (Lipinski definition) is 6. The van der Waals surface area contributed by atoms with Crippen LogP contribution >= 0.6 is 23.7 Å². The van der Waals surface area contributed by atoms with Crippen molar-refractivity contribution in [1.82, 2.24) is 4.90 Å². The third kappa shape index (κ3) is 6.25. The van der Waals surface area contributed by atoms with Gasteiger partial charge in [-0.25, -0.2) is 4.79 Å². The number of benzene rings is 2. The van der Waals surface area contributed by atoms with Gasteiger partial charge in [0.2, 0.25) is 0 Å². The lowest BCUT2D eigenvalue weighted by Gasteiger charge is -2.21. The lowest BCUT2D eigenvalue weighted by atomic mass is 10.1. The second-order valence-electron chi connectivity index (χ2n) is 7.57. The Bertz CT molecular complexity index is 1080. The molecule has 0 aliphatic rings. The molecule has 1 heterocycles. The van der Waals surface area contributed by atoms with E-state index in [1.807, 2.05) is 18.2 Å². The summed E-state index contributed by atoms with van der Waals surface area (Å²) in [5, 5.41) is 14.8. The van der Waals surface area contributed by atoms with Gasteiger partial charge in [-0.15, -0.1) is 23.7 Å². The highest BCUT2D eigenvalue weighted by molar-refractivity contribution is 7.24. The van der Waals surface area contributed by atoms with Gasteiger partial charge in [0.15, 0.2) is 0 Å². The number of esters is 1. The molecule has 6 nitrogen and oxygen atoms in total. The van der Waals surface area contributed by atoms with E-state index in [2.05, 4.69) is 24.1 Å². The summed E-state index contributed by atoms with van der Waals surface area (Å²) in [5.41, 5.74) is 1.56. The molecule has 33 heavy (non-hydrogen) atoms. The summed E-state index contributed by atoms with van der Waals surface area (Å²) in [6, 6.07) is 12.5. The minimum Gasteiger partial charge on any atom is -0.506 e. The zero-order valence-corrected chi connectivity index (χ0v) is 20.9. The molecule has 8 heteroatoms. The number of nitrogens with zero attached hydrogens (tertiary/aromatic N) is 1. The Morgan fingerprint density at radius 3 is 2.30 bits per heavy atom. The number of amides is 1. The van der Waals surface area contributed by atoms with Crippen LogP contribution < -0.4 is 5.32 Å². The van der Waals surface area contributed by atoms with Crippen molar-refractivity contribution < 1.29 is 19.4 Å². The van der Waals surface area contributed by atoms with E-state index in [0.29, 0.717) is 27.2 Å². The predicted octanol–water partition coefficient (Wildman–Crippen LogP) is 6.08. The van der Waals surface area contributed by atoms with Gasteiger partial charge in [-0.1, -0.05) is 44.2 Å². The van der Waals surface area contributed by atoms with Gasteiger partial charge >= 0.3 is 5.97 Å². The first-order chi connectivity index (χ1) is 15.5. The first-order valence-electron chi connectivity index (χ1n) is 11.0. The zero-order valence-electron chi connectivity index (χ0n) is 19.2. The molecule has 0 bridgehead atoms. The van der Waals surface area contributed by atoms with E-state index in [1.54, 1.807) is 31.2 Å². The second-order valence-corrected chi connectivity index (χ2v) is 8.59. The summed E-state index contributed by atoms with van der Waals surface area (Å²) in [5.74, 6) is -0.692. The van der Waals surface area contributed by atoms with Gasteiger partial charge in [-0.2, -0.15) is 0 Å². The van der Waals surface area contributed by atoms with Crippen LogP contribution in [0.5, 0.6) is 5.75 Å². The van der Waals surface area contributed by atoms with Gasteiger partial charge in [-0.05, 0) is 45.0 Å². The van der Waals surface area contributed by atoms with E-state index in [4.69, 9.17) is 4.74 Å².